The summed E-state index contributed by atoms with van der Waals surface area (Å²) in [6, 6.07) is 14.2. The van der Waals surface area contributed by atoms with Gasteiger partial charge < -0.3 is 10.2 Å². The van der Waals surface area contributed by atoms with Crippen molar-refractivity contribution >= 4 is 22.9 Å². The molecule has 0 saturated carbocycles. The fraction of sp³-hybridized carbons (Fsp3) is 0.286. The summed E-state index contributed by atoms with van der Waals surface area (Å²) in [6.45, 7) is 0. The van der Waals surface area contributed by atoms with Gasteiger partial charge in [-0.25, -0.2) is 4.39 Å². The fourth-order valence-electron chi connectivity index (χ4n) is 3.16. The lowest BCUT2D eigenvalue weighted by atomic mass is 9.98. The van der Waals surface area contributed by atoms with Crippen molar-refractivity contribution in [3.8, 4) is 17.2 Å². The highest BCUT2D eigenvalue weighted by atomic mass is 32.2. The minimum Gasteiger partial charge on any atom is -0.392 e. The molecule has 0 bridgehead atoms. The molecule has 0 aliphatic carbocycles. The largest absolute Gasteiger partial charge is 0.392 e. The van der Waals surface area contributed by atoms with Crippen LogP contribution in [0.4, 0.5) is 4.39 Å². The summed E-state index contributed by atoms with van der Waals surface area (Å²) in [5.41, 5.74) is 3.30. The maximum Gasteiger partial charge on any atom is 0.208 e. The molecule has 1 heterocycles. The van der Waals surface area contributed by atoms with E-state index < -0.39 is 16.2 Å². The van der Waals surface area contributed by atoms with Crippen molar-refractivity contribution in [2.24, 2.45) is 5.16 Å². The summed E-state index contributed by atoms with van der Waals surface area (Å²) >= 11 is 0. The molecule has 8 heteroatoms. The van der Waals surface area contributed by atoms with Crippen LogP contribution in [0.15, 0.2) is 47.6 Å². The van der Waals surface area contributed by atoms with E-state index in [4.69, 9.17) is 10.1 Å². The van der Waals surface area contributed by atoms with Crippen LogP contribution in [0.5, 0.6) is 0 Å². The number of nitrogens with zero attached hydrogens (tertiary/aromatic N) is 2. The van der Waals surface area contributed by atoms with Crippen LogP contribution in [0.25, 0.3) is 11.1 Å². The lowest BCUT2D eigenvalue weighted by Crippen LogP contribution is -2.35. The Morgan fingerprint density at radius 1 is 1.34 bits per heavy atom. The maximum absolute atomic E-state index is 14.7. The third kappa shape index (κ3) is 5.06. The van der Waals surface area contributed by atoms with Crippen molar-refractivity contribution in [3.05, 3.63) is 59.4 Å². The molecule has 3 atom stereocenters. The molecule has 0 spiro atoms. The molecule has 3 rings (SSSR count). The molecule has 2 aromatic carbocycles. The Hall–Kier alpha value is -3.05. The highest BCUT2D eigenvalue weighted by Gasteiger charge is 2.27. The van der Waals surface area contributed by atoms with Gasteiger partial charge >= 0.3 is 0 Å². The van der Waals surface area contributed by atoms with Crippen molar-refractivity contribution < 1.29 is 18.2 Å². The lowest BCUT2D eigenvalue weighted by molar-refractivity contribution is -0.109. The Labute approximate surface area is 170 Å². The number of oxime groups is 1. The second-order valence-electron chi connectivity index (χ2n) is 6.70. The minimum absolute atomic E-state index is 0.317. The van der Waals surface area contributed by atoms with E-state index >= 15 is 0 Å². The van der Waals surface area contributed by atoms with Crippen LogP contribution in [0.3, 0.4) is 0 Å². The van der Waals surface area contributed by atoms with E-state index in [1.807, 2.05) is 12.1 Å². The topological polar surface area (TPSA) is 91.6 Å². The quantitative estimate of drug-likeness (QED) is 0.674. The van der Waals surface area contributed by atoms with Gasteiger partial charge in [-0.2, -0.15) is 5.26 Å². The lowest BCUT2D eigenvalue weighted by Gasteiger charge is -2.16. The zero-order valence-electron chi connectivity index (χ0n) is 15.8. The van der Waals surface area contributed by atoms with Crippen molar-refractivity contribution in [2.75, 3.05) is 6.26 Å². The van der Waals surface area contributed by atoms with Gasteiger partial charge in [0.15, 0.2) is 0 Å². The first-order valence-corrected chi connectivity index (χ1v) is 10.6. The first kappa shape index (κ1) is 20.7. The molecule has 0 saturated heterocycles. The second-order valence-corrected chi connectivity index (χ2v) is 8.27. The van der Waals surface area contributed by atoms with Crippen LogP contribution in [-0.4, -0.2) is 34.1 Å². The number of rotatable bonds is 8. The van der Waals surface area contributed by atoms with E-state index in [1.54, 1.807) is 24.3 Å². The van der Waals surface area contributed by atoms with Gasteiger partial charge in [-0.15, -0.1) is 0 Å². The van der Waals surface area contributed by atoms with E-state index in [9.17, 15) is 13.4 Å². The fourth-order valence-corrected chi connectivity index (χ4v) is 3.89. The van der Waals surface area contributed by atoms with Crippen LogP contribution in [0.1, 0.15) is 24.0 Å². The third-order valence-corrected chi connectivity index (χ3v) is 5.84. The Bertz CT molecular complexity index is 986. The summed E-state index contributed by atoms with van der Waals surface area (Å²) < 4.78 is 26.4. The maximum atomic E-state index is 14.7. The van der Waals surface area contributed by atoms with Gasteiger partial charge in [0.05, 0.1) is 18.2 Å². The van der Waals surface area contributed by atoms with E-state index in [-0.39, 0.29) is 11.9 Å². The highest BCUT2D eigenvalue weighted by Crippen LogP contribution is 2.27. The summed E-state index contributed by atoms with van der Waals surface area (Å²) in [7, 11) is -1.24. The number of halogens is 1. The predicted molar refractivity (Wildman–Crippen MR) is 109 cm³/mol. The van der Waals surface area contributed by atoms with Crippen molar-refractivity contribution in [1.29, 1.82) is 5.26 Å². The molecule has 0 radical (unpaired) electrons. The van der Waals surface area contributed by atoms with Crippen LogP contribution < -0.4 is 5.32 Å². The molecule has 3 unspecified atom stereocenters. The van der Waals surface area contributed by atoms with Gasteiger partial charge in [0.25, 0.3) is 0 Å². The van der Waals surface area contributed by atoms with Gasteiger partial charge in [0.2, 0.25) is 6.41 Å². The van der Waals surface area contributed by atoms with E-state index in [0.717, 1.165) is 11.1 Å². The van der Waals surface area contributed by atoms with Crippen LogP contribution in [0.2, 0.25) is 0 Å². The average molecular weight is 413 g/mol. The second kappa shape index (κ2) is 9.43. The summed E-state index contributed by atoms with van der Waals surface area (Å²) in [4.78, 5) is 16.0. The predicted octanol–water partition coefficient (Wildman–Crippen LogP) is 2.89. The first-order valence-electron chi connectivity index (χ1n) is 9.02. The van der Waals surface area contributed by atoms with Crippen molar-refractivity contribution in [1.82, 2.24) is 5.32 Å². The summed E-state index contributed by atoms with van der Waals surface area (Å²) in [6.07, 6.45) is 2.81. The number of carbonyl (C=O) groups is 1. The zero-order valence-corrected chi connectivity index (χ0v) is 16.6. The third-order valence-electron chi connectivity index (χ3n) is 4.71. The van der Waals surface area contributed by atoms with Crippen LogP contribution >= 0.6 is 0 Å². The Morgan fingerprint density at radius 3 is 2.69 bits per heavy atom. The number of hydrogen-bond acceptors (Lipinski definition) is 5. The molecule has 2 aromatic rings. The molecular weight excluding hydrogens is 393 g/mol. The standard InChI is InChI=1S/C21H20FN3O3S/c1-29(27)21(24-13-26)12-17-11-20(25-28-17)16-6-7-18(19(22)10-16)15-4-2-14(3-5-15)8-9-23/h2-7,10,13,17,21H,8,11-12H2,1H3,(H,24,26). The van der Waals surface area contributed by atoms with Gasteiger partial charge in [-0.3, -0.25) is 9.00 Å². The van der Waals surface area contributed by atoms with E-state index in [1.165, 1.54) is 12.3 Å². The van der Waals surface area contributed by atoms with Gasteiger partial charge in [0.1, 0.15) is 17.3 Å². The average Bonchev–Trinajstić information content (AvgIpc) is 3.17. The number of carbonyl (C=O) groups excluding carboxylic acids is 1. The molecular formula is C21H20FN3O3S. The molecule has 6 nitrogen and oxygen atoms in total. The van der Waals surface area contributed by atoms with Crippen molar-refractivity contribution in [2.45, 2.75) is 30.7 Å². The molecule has 1 aliphatic rings. The molecule has 0 aromatic heterocycles. The van der Waals surface area contributed by atoms with Gasteiger partial charge in [-0.05, 0) is 17.2 Å². The molecule has 29 heavy (non-hydrogen) atoms. The highest BCUT2D eigenvalue weighted by molar-refractivity contribution is 7.84. The zero-order chi connectivity index (χ0) is 20.8. The molecule has 1 aliphatic heterocycles. The van der Waals surface area contributed by atoms with Gasteiger partial charge in [0, 0.05) is 41.0 Å². The molecule has 1 amide bonds. The normalized spacial score (nSPS) is 17.6. The Morgan fingerprint density at radius 2 is 2.07 bits per heavy atom. The summed E-state index contributed by atoms with van der Waals surface area (Å²) in [5, 5.41) is 14.8. The molecule has 150 valence electrons. The first-order chi connectivity index (χ1) is 14.0. The smallest absolute Gasteiger partial charge is 0.208 e. The number of hydrogen-bond donors (Lipinski definition) is 1. The van der Waals surface area contributed by atoms with Crippen molar-refractivity contribution in [3.63, 3.8) is 0 Å². The number of nitrogens with one attached hydrogen (secondary N) is 1. The molecule has 1 N–H and O–H groups in total. The molecule has 0 fully saturated rings. The number of amides is 1. The van der Waals surface area contributed by atoms with E-state index in [0.29, 0.717) is 42.5 Å². The minimum atomic E-state index is -1.24. The number of benzene rings is 2. The van der Waals surface area contributed by atoms with E-state index in [2.05, 4.69) is 16.5 Å². The number of nitriles is 1. The Balaban J connectivity index is 1.70. The van der Waals surface area contributed by atoms with Gasteiger partial charge in [-0.1, -0.05) is 41.6 Å². The SMILES string of the molecule is CS(=O)C(CC1CC(c2ccc(-c3ccc(CC#N)cc3)c(F)c2)=NO1)NC=O. The van der Waals surface area contributed by atoms with Crippen LogP contribution in [0, 0.1) is 17.1 Å². The monoisotopic (exact) mass is 413 g/mol. The Kier molecular flexibility index (Phi) is 6.73. The van der Waals surface area contributed by atoms with Crippen LogP contribution in [-0.2, 0) is 26.9 Å². The summed E-state index contributed by atoms with van der Waals surface area (Å²) in [5.74, 6) is -0.378.